The van der Waals surface area contributed by atoms with Crippen LogP contribution in [0.15, 0.2) is 279 Å². The van der Waals surface area contributed by atoms with Gasteiger partial charge >= 0.3 is 0 Å². The highest BCUT2D eigenvalue weighted by Crippen LogP contribution is 2.49. The number of hydrogen-bond donors (Lipinski definition) is 0. The largest absolute Gasteiger partial charge is 0.309 e. The van der Waals surface area contributed by atoms with Crippen LogP contribution in [0.1, 0.15) is 0 Å². The lowest BCUT2D eigenvalue weighted by molar-refractivity contribution is 1.10. The normalized spacial score (nSPS) is 11.4. The molecule has 2 nitrogen and oxygen atoms in total. The molecule has 11 aromatic carbocycles. The van der Waals surface area contributed by atoms with Gasteiger partial charge in [-0.3, -0.25) is 0 Å². The molecule has 0 bridgehead atoms. The van der Waals surface area contributed by atoms with Crippen LogP contribution in [-0.4, -0.2) is 9.13 Å². The number of hydrogen-bond acceptors (Lipinski definition) is 0. The number of benzene rings is 11. The molecule has 13 aromatic rings. The van der Waals surface area contributed by atoms with Gasteiger partial charge in [0.2, 0.25) is 0 Å². The van der Waals surface area contributed by atoms with E-state index in [9.17, 15) is 0 Å². The molecule has 0 fully saturated rings. The first-order chi connectivity index (χ1) is 34.7. The molecule has 0 unspecified atom stereocenters. The Labute approximate surface area is 408 Å². The van der Waals surface area contributed by atoms with Crippen LogP contribution >= 0.6 is 0 Å². The molecule has 0 aliphatic rings. The highest BCUT2D eigenvalue weighted by Gasteiger charge is 2.24. The molecule has 0 N–H and O–H groups in total. The summed E-state index contributed by atoms with van der Waals surface area (Å²) in [5.74, 6) is 0. The zero-order chi connectivity index (χ0) is 46.4. The van der Waals surface area contributed by atoms with E-state index in [1.54, 1.807) is 0 Å². The number of nitrogens with zero attached hydrogens (tertiary/aromatic N) is 2. The molecule has 0 amide bonds. The second-order valence-corrected chi connectivity index (χ2v) is 18.0. The third-order valence-electron chi connectivity index (χ3n) is 13.9. The Balaban J connectivity index is 1.18. The smallest absolute Gasteiger partial charge is 0.0535 e. The summed E-state index contributed by atoms with van der Waals surface area (Å²) in [6.07, 6.45) is 0. The van der Waals surface area contributed by atoms with E-state index in [0.29, 0.717) is 0 Å². The highest BCUT2D eigenvalue weighted by molar-refractivity contribution is 6.23. The van der Waals surface area contributed by atoms with Crippen molar-refractivity contribution in [1.82, 2.24) is 9.13 Å². The molecule has 0 saturated heterocycles. The van der Waals surface area contributed by atoms with Crippen molar-refractivity contribution in [3.8, 4) is 89.8 Å². The summed E-state index contributed by atoms with van der Waals surface area (Å²) in [5, 5.41) is 7.17. The van der Waals surface area contributed by atoms with E-state index >= 15 is 0 Å². The summed E-state index contributed by atoms with van der Waals surface area (Å²) >= 11 is 0. The van der Waals surface area contributed by atoms with Crippen LogP contribution in [0.2, 0.25) is 0 Å². The van der Waals surface area contributed by atoms with Gasteiger partial charge in [0.15, 0.2) is 0 Å². The molecule has 13 rings (SSSR count). The minimum absolute atomic E-state index is 1.10. The first-order valence-corrected chi connectivity index (χ1v) is 24.1. The van der Waals surface area contributed by atoms with Crippen molar-refractivity contribution in [3.63, 3.8) is 0 Å². The third kappa shape index (κ3) is 7.13. The first kappa shape index (κ1) is 41.0. The van der Waals surface area contributed by atoms with Gasteiger partial charge in [0, 0.05) is 11.4 Å². The molecule has 0 atom stereocenters. The van der Waals surface area contributed by atoms with Crippen LogP contribution in [0.25, 0.3) is 122 Å². The van der Waals surface area contributed by atoms with E-state index in [1.807, 2.05) is 0 Å². The standard InChI is InChI=1S/C68H46N2/c1-7-21-47(22-8-1)59-43-53-33-19-20-34-54(53)44-60(59)68-58-38-36-55(69-63(48-23-9-2-10-24-48)39-40-64(69)49-25-11-3-12-26-49)45-61(58)67(52-31-17-6-18-32-52)57-37-35-56(46-62(57)68)70-65(50-27-13-4-14-28-50)41-42-66(70)51-29-15-5-16-30-51/h1-46H. The molecule has 0 aliphatic heterocycles. The van der Waals surface area contributed by atoms with Crippen molar-refractivity contribution in [2.24, 2.45) is 0 Å². The van der Waals surface area contributed by atoms with E-state index in [1.165, 1.54) is 76.8 Å². The second-order valence-electron chi connectivity index (χ2n) is 18.0. The molecule has 0 radical (unpaired) electrons. The summed E-state index contributed by atoms with van der Waals surface area (Å²) in [6, 6.07) is 102. The summed E-state index contributed by atoms with van der Waals surface area (Å²) in [4.78, 5) is 0. The summed E-state index contributed by atoms with van der Waals surface area (Å²) < 4.78 is 4.89. The molecule has 2 heterocycles. The third-order valence-corrected chi connectivity index (χ3v) is 13.9. The van der Waals surface area contributed by atoms with Crippen molar-refractivity contribution >= 4 is 32.3 Å². The predicted molar refractivity (Wildman–Crippen MR) is 296 cm³/mol. The van der Waals surface area contributed by atoms with Crippen LogP contribution in [0.4, 0.5) is 0 Å². The van der Waals surface area contributed by atoms with E-state index in [2.05, 4.69) is 288 Å². The van der Waals surface area contributed by atoms with Crippen molar-refractivity contribution in [1.29, 1.82) is 0 Å². The second kappa shape index (κ2) is 17.4. The monoisotopic (exact) mass is 890 g/mol. The molecular formula is C68H46N2. The van der Waals surface area contributed by atoms with Crippen LogP contribution < -0.4 is 0 Å². The van der Waals surface area contributed by atoms with Gasteiger partial charge in [0.25, 0.3) is 0 Å². The maximum absolute atomic E-state index is 2.46. The molecule has 0 aliphatic carbocycles. The van der Waals surface area contributed by atoms with Gasteiger partial charge in [0.05, 0.1) is 22.8 Å². The topological polar surface area (TPSA) is 9.86 Å². The Morgan fingerprint density at radius 3 is 0.914 bits per heavy atom. The fourth-order valence-electron chi connectivity index (χ4n) is 10.8. The molecule has 328 valence electrons. The maximum atomic E-state index is 2.46. The Hall–Kier alpha value is -9.24. The summed E-state index contributed by atoms with van der Waals surface area (Å²) in [5.41, 5.74) is 18.6. The van der Waals surface area contributed by atoms with Crippen molar-refractivity contribution in [3.05, 3.63) is 279 Å². The van der Waals surface area contributed by atoms with Crippen LogP contribution in [0, 0.1) is 0 Å². The average molecular weight is 891 g/mol. The minimum atomic E-state index is 1.10. The average Bonchev–Trinajstić information content (AvgIpc) is 4.10. The van der Waals surface area contributed by atoms with E-state index in [-0.39, 0.29) is 0 Å². The molecule has 0 spiro atoms. The minimum Gasteiger partial charge on any atom is -0.309 e. The lowest BCUT2D eigenvalue weighted by Gasteiger charge is -2.23. The Bertz CT molecular complexity index is 3890. The predicted octanol–water partition coefficient (Wildman–Crippen LogP) is 18.4. The Kier molecular flexibility index (Phi) is 10.2. The lowest BCUT2D eigenvalue weighted by atomic mass is 9.82. The number of aromatic nitrogens is 2. The molecule has 2 heteroatoms. The van der Waals surface area contributed by atoms with Crippen LogP contribution in [0.3, 0.4) is 0 Å². The lowest BCUT2D eigenvalue weighted by Crippen LogP contribution is -2.02. The van der Waals surface area contributed by atoms with E-state index < -0.39 is 0 Å². The molecule has 70 heavy (non-hydrogen) atoms. The Morgan fingerprint density at radius 2 is 0.514 bits per heavy atom. The van der Waals surface area contributed by atoms with Gasteiger partial charge in [0.1, 0.15) is 0 Å². The van der Waals surface area contributed by atoms with Gasteiger partial charge in [-0.2, -0.15) is 0 Å². The van der Waals surface area contributed by atoms with Crippen molar-refractivity contribution in [2.45, 2.75) is 0 Å². The Morgan fingerprint density at radius 1 is 0.200 bits per heavy atom. The molecular weight excluding hydrogens is 845 g/mol. The molecule has 2 aromatic heterocycles. The van der Waals surface area contributed by atoms with E-state index in [4.69, 9.17) is 0 Å². The van der Waals surface area contributed by atoms with E-state index in [0.717, 1.165) is 45.3 Å². The van der Waals surface area contributed by atoms with Gasteiger partial charge in [-0.05, 0) is 149 Å². The fourth-order valence-corrected chi connectivity index (χ4v) is 10.8. The van der Waals surface area contributed by atoms with Gasteiger partial charge < -0.3 is 9.13 Å². The van der Waals surface area contributed by atoms with Gasteiger partial charge in [-0.15, -0.1) is 0 Å². The van der Waals surface area contributed by atoms with Gasteiger partial charge in [-0.25, -0.2) is 0 Å². The SMILES string of the molecule is c1ccc(-c2cc3ccccc3cc2-c2c3ccc(-n4c(-c5ccccc5)ccc4-c4ccccc4)cc3c(-c3ccccc3)c3ccc(-n4c(-c5ccccc5)ccc4-c4ccccc4)cc23)cc1. The van der Waals surface area contributed by atoms with Crippen molar-refractivity contribution < 1.29 is 0 Å². The molecule has 0 saturated carbocycles. The number of fused-ring (bicyclic) bond motifs is 3. The first-order valence-electron chi connectivity index (χ1n) is 24.1. The van der Waals surface area contributed by atoms with Gasteiger partial charge in [-0.1, -0.05) is 218 Å². The zero-order valence-corrected chi connectivity index (χ0v) is 38.5. The fraction of sp³-hybridized carbons (Fsp3) is 0. The quantitative estimate of drug-likeness (QED) is 0.128. The number of rotatable bonds is 9. The highest BCUT2D eigenvalue weighted by atomic mass is 15.0. The summed E-state index contributed by atoms with van der Waals surface area (Å²) in [7, 11) is 0. The van der Waals surface area contributed by atoms with Crippen molar-refractivity contribution in [2.75, 3.05) is 0 Å². The van der Waals surface area contributed by atoms with Crippen LogP contribution in [-0.2, 0) is 0 Å². The summed E-state index contributed by atoms with van der Waals surface area (Å²) in [6.45, 7) is 0. The maximum Gasteiger partial charge on any atom is 0.0535 e. The zero-order valence-electron chi connectivity index (χ0n) is 38.5. The van der Waals surface area contributed by atoms with Crippen LogP contribution in [0.5, 0.6) is 0 Å².